The Kier molecular flexibility index (Phi) is 5.97. The maximum atomic E-state index is 12.2. The summed E-state index contributed by atoms with van der Waals surface area (Å²) in [6.45, 7) is 3.87. The molecule has 2 rings (SSSR count). The van der Waals surface area contributed by atoms with Crippen molar-refractivity contribution in [1.82, 2.24) is 9.55 Å². The Morgan fingerprint density at radius 2 is 2.12 bits per heavy atom. The van der Waals surface area contributed by atoms with Crippen LogP contribution in [0.3, 0.4) is 0 Å². The van der Waals surface area contributed by atoms with Gasteiger partial charge in [0.15, 0.2) is 4.77 Å². The Morgan fingerprint density at radius 1 is 1.40 bits per heavy atom. The van der Waals surface area contributed by atoms with Crippen LogP contribution in [0, 0.1) is 4.77 Å². The van der Waals surface area contributed by atoms with Gasteiger partial charge in [-0.3, -0.25) is 19.3 Å². The van der Waals surface area contributed by atoms with Crippen molar-refractivity contribution < 1.29 is 14.6 Å². The highest BCUT2D eigenvalue weighted by molar-refractivity contribution is 7.71. The van der Waals surface area contributed by atoms with Crippen LogP contribution in [0.15, 0.2) is 28.0 Å². The van der Waals surface area contributed by atoms with Crippen molar-refractivity contribution in [2.24, 2.45) is 4.99 Å². The molecule has 0 spiro atoms. The molecule has 1 atom stereocenters. The predicted octanol–water partition coefficient (Wildman–Crippen LogP) is 3.35. The van der Waals surface area contributed by atoms with E-state index in [0.29, 0.717) is 17.2 Å². The van der Waals surface area contributed by atoms with E-state index < -0.39 is 5.56 Å². The third kappa shape index (κ3) is 3.90. The van der Waals surface area contributed by atoms with Gasteiger partial charge < -0.3 is 14.6 Å². The lowest BCUT2D eigenvalue weighted by atomic mass is 10.2. The largest absolute Gasteiger partial charge is 0.497 e. The fourth-order valence-corrected chi connectivity index (χ4v) is 2.64. The normalized spacial score (nSPS) is 12.3. The molecular weight excluding hydrogens is 342 g/mol. The van der Waals surface area contributed by atoms with E-state index in [-0.39, 0.29) is 22.3 Å². The fourth-order valence-electron chi connectivity index (χ4n) is 2.29. The van der Waals surface area contributed by atoms with Gasteiger partial charge in [0.2, 0.25) is 5.88 Å². The van der Waals surface area contributed by atoms with Crippen molar-refractivity contribution >= 4 is 24.1 Å². The number of nitrogens with zero attached hydrogens (tertiary/aromatic N) is 2. The van der Waals surface area contributed by atoms with Crippen LogP contribution < -0.4 is 15.0 Å². The molecule has 0 bridgehead atoms. The number of benzene rings is 1. The highest BCUT2D eigenvalue weighted by atomic mass is 32.1. The van der Waals surface area contributed by atoms with E-state index in [4.69, 9.17) is 21.7 Å². The van der Waals surface area contributed by atoms with Crippen LogP contribution in [-0.2, 0) is 0 Å². The number of ether oxygens (including phenoxy) is 2. The number of hydrogen-bond acceptors (Lipinski definition) is 6. The summed E-state index contributed by atoms with van der Waals surface area (Å²) in [5.74, 6) is 0.905. The zero-order valence-corrected chi connectivity index (χ0v) is 15.4. The maximum Gasteiger partial charge on any atom is 0.264 e. The minimum atomic E-state index is -0.502. The third-order valence-corrected chi connectivity index (χ3v) is 4.20. The highest BCUT2D eigenvalue weighted by Gasteiger charge is 2.15. The molecule has 7 nitrogen and oxygen atoms in total. The SMILES string of the molecule is CC[C@@H](C)n1c(O)c(C=Nc2ccc(OC)cc2OC)c(=O)[nH]c1=S. The summed E-state index contributed by atoms with van der Waals surface area (Å²) in [4.78, 5) is 19.0. The number of aliphatic imine (C=N–C) groups is 1. The molecule has 0 radical (unpaired) electrons. The van der Waals surface area contributed by atoms with Crippen molar-refractivity contribution in [2.75, 3.05) is 14.2 Å². The number of rotatable bonds is 6. The quantitative estimate of drug-likeness (QED) is 0.607. The Hall–Kier alpha value is -2.61. The van der Waals surface area contributed by atoms with Gasteiger partial charge in [0.25, 0.3) is 5.56 Å². The van der Waals surface area contributed by atoms with Gasteiger partial charge in [-0.2, -0.15) is 0 Å². The molecule has 0 unspecified atom stereocenters. The van der Waals surface area contributed by atoms with Crippen molar-refractivity contribution in [3.05, 3.63) is 38.9 Å². The number of aromatic hydroxyl groups is 1. The second-order valence-electron chi connectivity index (χ2n) is 5.42. The molecule has 0 aliphatic rings. The zero-order chi connectivity index (χ0) is 18.6. The first-order valence-corrected chi connectivity index (χ1v) is 8.17. The monoisotopic (exact) mass is 363 g/mol. The van der Waals surface area contributed by atoms with Crippen LogP contribution >= 0.6 is 12.2 Å². The van der Waals surface area contributed by atoms with E-state index in [2.05, 4.69) is 9.98 Å². The van der Waals surface area contributed by atoms with Crippen LogP contribution in [0.2, 0.25) is 0 Å². The Balaban J connectivity index is 2.52. The molecule has 134 valence electrons. The van der Waals surface area contributed by atoms with E-state index in [1.165, 1.54) is 17.9 Å². The standard InChI is InChI=1S/C17H21N3O4S/c1-5-10(2)20-16(22)12(15(21)19-17(20)25)9-18-13-7-6-11(23-3)8-14(13)24-4/h6-10,22H,5H2,1-4H3,(H,19,21,25)/t10-/m1/s1. The molecular formula is C17H21N3O4S. The van der Waals surface area contributed by atoms with Crippen LogP contribution in [0.5, 0.6) is 17.4 Å². The molecule has 0 amide bonds. The molecule has 0 saturated carbocycles. The number of methoxy groups -OCH3 is 2. The first-order valence-electron chi connectivity index (χ1n) is 7.76. The molecule has 0 aliphatic carbocycles. The van der Waals surface area contributed by atoms with Gasteiger partial charge in [0, 0.05) is 18.3 Å². The highest BCUT2D eigenvalue weighted by Crippen LogP contribution is 2.31. The molecule has 1 heterocycles. The molecule has 0 saturated heterocycles. The summed E-state index contributed by atoms with van der Waals surface area (Å²) in [6.07, 6.45) is 2.04. The summed E-state index contributed by atoms with van der Waals surface area (Å²) in [5.41, 5.74) is 0.0321. The molecule has 8 heteroatoms. The van der Waals surface area contributed by atoms with Gasteiger partial charge in [0.05, 0.1) is 14.2 Å². The zero-order valence-electron chi connectivity index (χ0n) is 14.6. The second-order valence-corrected chi connectivity index (χ2v) is 5.81. The van der Waals surface area contributed by atoms with Crippen molar-refractivity contribution in [3.8, 4) is 17.4 Å². The Bertz CT molecular complexity index is 902. The number of nitrogens with one attached hydrogen (secondary N) is 1. The average Bonchev–Trinajstić information content (AvgIpc) is 2.60. The molecule has 0 fully saturated rings. The maximum absolute atomic E-state index is 12.2. The summed E-state index contributed by atoms with van der Waals surface area (Å²) in [6, 6.07) is 5.05. The summed E-state index contributed by atoms with van der Waals surface area (Å²) >= 11 is 5.14. The van der Waals surface area contributed by atoms with Gasteiger partial charge in [-0.05, 0) is 37.7 Å². The second kappa shape index (κ2) is 7.98. The molecule has 25 heavy (non-hydrogen) atoms. The van der Waals surface area contributed by atoms with E-state index in [1.54, 1.807) is 25.3 Å². The summed E-state index contributed by atoms with van der Waals surface area (Å²) in [5, 5.41) is 10.5. The first-order chi connectivity index (χ1) is 11.9. The lowest BCUT2D eigenvalue weighted by Crippen LogP contribution is -2.20. The third-order valence-electron chi connectivity index (χ3n) is 3.90. The number of hydrogen-bond donors (Lipinski definition) is 2. The Morgan fingerprint density at radius 3 is 2.72 bits per heavy atom. The molecule has 1 aromatic carbocycles. The van der Waals surface area contributed by atoms with Gasteiger partial charge in [-0.1, -0.05) is 6.92 Å². The number of aromatic nitrogens is 2. The average molecular weight is 363 g/mol. The first kappa shape index (κ1) is 18.7. The van der Waals surface area contributed by atoms with Gasteiger partial charge in [0.1, 0.15) is 22.7 Å². The van der Waals surface area contributed by atoms with Crippen LogP contribution in [-0.4, -0.2) is 35.1 Å². The Labute approximate surface area is 150 Å². The van der Waals surface area contributed by atoms with E-state index in [0.717, 1.165) is 6.42 Å². The van der Waals surface area contributed by atoms with Gasteiger partial charge >= 0.3 is 0 Å². The van der Waals surface area contributed by atoms with Gasteiger partial charge in [-0.15, -0.1) is 0 Å². The van der Waals surface area contributed by atoms with Crippen LogP contribution in [0.25, 0.3) is 0 Å². The smallest absolute Gasteiger partial charge is 0.264 e. The minimum Gasteiger partial charge on any atom is -0.497 e. The van der Waals surface area contributed by atoms with E-state index in [9.17, 15) is 9.90 Å². The lowest BCUT2D eigenvalue weighted by molar-refractivity contribution is 0.371. The molecule has 2 N–H and O–H groups in total. The minimum absolute atomic E-state index is 0.0340. The van der Waals surface area contributed by atoms with Crippen molar-refractivity contribution in [2.45, 2.75) is 26.3 Å². The number of aromatic amines is 1. The lowest BCUT2D eigenvalue weighted by Gasteiger charge is -2.16. The molecule has 1 aromatic heterocycles. The number of H-pyrrole nitrogens is 1. The topological polar surface area (TPSA) is 88.8 Å². The van der Waals surface area contributed by atoms with Crippen molar-refractivity contribution in [3.63, 3.8) is 0 Å². The van der Waals surface area contributed by atoms with Crippen LogP contribution in [0.1, 0.15) is 31.9 Å². The molecule has 0 aliphatic heterocycles. The van der Waals surface area contributed by atoms with Crippen LogP contribution in [0.4, 0.5) is 5.69 Å². The van der Waals surface area contributed by atoms with Crippen molar-refractivity contribution in [1.29, 1.82) is 0 Å². The van der Waals surface area contributed by atoms with Gasteiger partial charge in [-0.25, -0.2) is 0 Å². The summed E-state index contributed by atoms with van der Waals surface area (Å²) in [7, 11) is 3.07. The van der Waals surface area contributed by atoms with E-state index in [1.807, 2.05) is 13.8 Å². The van der Waals surface area contributed by atoms with E-state index >= 15 is 0 Å². The fraction of sp³-hybridized carbons (Fsp3) is 0.353. The summed E-state index contributed by atoms with van der Waals surface area (Å²) < 4.78 is 12.1. The molecule has 2 aromatic rings. The predicted molar refractivity (Wildman–Crippen MR) is 99.4 cm³/mol.